The second kappa shape index (κ2) is 9.37. The Balaban J connectivity index is 1.81. The fourth-order valence-electron chi connectivity index (χ4n) is 4.33. The fourth-order valence-corrected chi connectivity index (χ4v) is 4.33. The molecule has 2 N–H and O–H groups in total. The second-order valence-corrected chi connectivity index (χ2v) is 9.61. The van der Waals surface area contributed by atoms with Crippen molar-refractivity contribution in [1.29, 1.82) is 0 Å². The minimum atomic E-state index is -1.06. The van der Waals surface area contributed by atoms with E-state index in [1.165, 1.54) is 23.3 Å². The van der Waals surface area contributed by atoms with E-state index in [1.54, 1.807) is 49.6 Å². The third-order valence-electron chi connectivity index (χ3n) is 6.19. The first-order chi connectivity index (χ1) is 17.0. The number of carbonyl (C=O) groups excluding carboxylic acids is 2. The normalized spacial score (nSPS) is 17.4. The highest BCUT2D eigenvalue weighted by molar-refractivity contribution is 6.46. The van der Waals surface area contributed by atoms with Gasteiger partial charge in [-0.1, -0.05) is 32.9 Å². The number of Topliss-reactive ketones (excluding diaryl/α,β-unsaturated/α-hetero) is 1. The predicted octanol–water partition coefficient (Wildman–Crippen LogP) is 4.91. The van der Waals surface area contributed by atoms with Gasteiger partial charge in [0.25, 0.3) is 11.7 Å². The summed E-state index contributed by atoms with van der Waals surface area (Å²) in [6, 6.07) is 13.5. The standard InChI is InChI=1S/C28H27NO7/c1-28(2,3)19-14-18(11-12-20(19)35-4)24(30)22-23(21-6-5-13-36-21)29(26(32)25(22)31)15-16-7-9-17(10-8-16)27(33)34/h5-14,23,30H,15H2,1-4H3,(H,33,34)/b24-22-. The van der Waals surface area contributed by atoms with Crippen LogP contribution < -0.4 is 4.74 Å². The van der Waals surface area contributed by atoms with Crippen molar-refractivity contribution in [3.8, 4) is 5.75 Å². The van der Waals surface area contributed by atoms with E-state index in [4.69, 9.17) is 14.3 Å². The second-order valence-electron chi connectivity index (χ2n) is 9.61. The highest BCUT2D eigenvalue weighted by Crippen LogP contribution is 2.41. The fraction of sp³-hybridized carbons (Fsp3) is 0.250. The Hall–Kier alpha value is -4.33. The molecule has 1 aromatic heterocycles. The van der Waals surface area contributed by atoms with Gasteiger partial charge >= 0.3 is 5.97 Å². The van der Waals surface area contributed by atoms with Crippen molar-refractivity contribution in [3.63, 3.8) is 0 Å². The average Bonchev–Trinajstić information content (AvgIpc) is 3.46. The van der Waals surface area contributed by atoms with E-state index in [1.807, 2.05) is 20.8 Å². The van der Waals surface area contributed by atoms with Crippen molar-refractivity contribution >= 4 is 23.4 Å². The molecular weight excluding hydrogens is 462 g/mol. The summed E-state index contributed by atoms with van der Waals surface area (Å²) < 4.78 is 11.1. The molecule has 1 atom stereocenters. The van der Waals surface area contributed by atoms with E-state index in [0.29, 0.717) is 22.6 Å². The highest BCUT2D eigenvalue weighted by Gasteiger charge is 2.47. The minimum Gasteiger partial charge on any atom is -0.507 e. The zero-order valence-electron chi connectivity index (χ0n) is 20.4. The summed E-state index contributed by atoms with van der Waals surface area (Å²) in [7, 11) is 1.57. The molecule has 1 fully saturated rings. The van der Waals surface area contributed by atoms with Gasteiger partial charge in [0, 0.05) is 17.7 Å². The molecule has 2 heterocycles. The predicted molar refractivity (Wildman–Crippen MR) is 132 cm³/mol. The Morgan fingerprint density at radius 1 is 1.03 bits per heavy atom. The maximum atomic E-state index is 13.2. The number of hydrogen-bond acceptors (Lipinski definition) is 6. The Labute approximate surface area is 208 Å². The summed E-state index contributed by atoms with van der Waals surface area (Å²) in [4.78, 5) is 38.9. The van der Waals surface area contributed by atoms with Gasteiger partial charge in [0.15, 0.2) is 0 Å². The zero-order valence-corrected chi connectivity index (χ0v) is 20.4. The number of carbonyl (C=O) groups is 3. The number of aliphatic hydroxyl groups excluding tert-OH is 1. The number of amides is 1. The lowest BCUT2D eigenvalue weighted by atomic mass is 9.84. The summed E-state index contributed by atoms with van der Waals surface area (Å²) in [5.41, 5.74) is 1.55. The van der Waals surface area contributed by atoms with Gasteiger partial charge in [-0.15, -0.1) is 0 Å². The molecule has 1 aliphatic rings. The number of furan rings is 1. The molecule has 2 aromatic carbocycles. The van der Waals surface area contributed by atoms with Crippen LogP contribution in [0.1, 0.15) is 59.6 Å². The van der Waals surface area contributed by atoms with E-state index >= 15 is 0 Å². The molecule has 1 amide bonds. The maximum Gasteiger partial charge on any atom is 0.335 e. The Morgan fingerprint density at radius 3 is 2.25 bits per heavy atom. The molecule has 1 saturated heterocycles. The van der Waals surface area contributed by atoms with E-state index in [-0.39, 0.29) is 28.9 Å². The van der Waals surface area contributed by atoms with Gasteiger partial charge in [0.2, 0.25) is 0 Å². The maximum absolute atomic E-state index is 13.2. The van der Waals surface area contributed by atoms with Crippen LogP contribution in [0.2, 0.25) is 0 Å². The van der Waals surface area contributed by atoms with Crippen LogP contribution in [0.5, 0.6) is 5.75 Å². The average molecular weight is 490 g/mol. The molecule has 1 aliphatic heterocycles. The van der Waals surface area contributed by atoms with Crippen LogP contribution in [0.25, 0.3) is 5.76 Å². The molecule has 8 nitrogen and oxygen atoms in total. The summed E-state index contributed by atoms with van der Waals surface area (Å²) in [5, 5.41) is 20.5. The molecule has 0 radical (unpaired) electrons. The third kappa shape index (κ3) is 4.49. The number of ketones is 1. The van der Waals surface area contributed by atoms with Crippen LogP contribution in [0.15, 0.2) is 70.9 Å². The Bertz CT molecular complexity index is 1350. The third-order valence-corrected chi connectivity index (χ3v) is 6.19. The van der Waals surface area contributed by atoms with Crippen molar-refractivity contribution in [2.24, 2.45) is 0 Å². The number of nitrogens with zero attached hydrogens (tertiary/aromatic N) is 1. The van der Waals surface area contributed by atoms with Crippen LogP contribution in [-0.2, 0) is 21.5 Å². The van der Waals surface area contributed by atoms with Gasteiger partial charge in [-0.2, -0.15) is 0 Å². The molecule has 3 aromatic rings. The van der Waals surface area contributed by atoms with Crippen LogP contribution in [0.4, 0.5) is 0 Å². The summed E-state index contributed by atoms with van der Waals surface area (Å²) >= 11 is 0. The van der Waals surface area contributed by atoms with Crippen molar-refractivity contribution < 1.29 is 33.8 Å². The quantitative estimate of drug-likeness (QED) is 0.287. The molecule has 8 heteroatoms. The lowest BCUT2D eigenvalue weighted by Crippen LogP contribution is -2.29. The molecule has 0 bridgehead atoms. The van der Waals surface area contributed by atoms with Crippen LogP contribution in [-0.4, -0.2) is 39.9 Å². The number of carboxylic acids is 1. The largest absolute Gasteiger partial charge is 0.507 e. The summed E-state index contributed by atoms with van der Waals surface area (Å²) in [5.74, 6) is -2.03. The molecule has 1 unspecified atom stereocenters. The molecule has 36 heavy (non-hydrogen) atoms. The topological polar surface area (TPSA) is 117 Å². The SMILES string of the molecule is COc1ccc(/C(O)=C2/C(=O)C(=O)N(Cc3ccc(C(=O)O)cc3)C2c2ccco2)cc1C(C)(C)C. The lowest BCUT2D eigenvalue weighted by Gasteiger charge is -2.24. The van der Waals surface area contributed by atoms with Crippen molar-refractivity contribution in [1.82, 2.24) is 4.90 Å². The van der Waals surface area contributed by atoms with Gasteiger partial charge in [-0.25, -0.2) is 4.79 Å². The Morgan fingerprint density at radius 2 is 1.69 bits per heavy atom. The lowest BCUT2D eigenvalue weighted by molar-refractivity contribution is -0.140. The first kappa shape index (κ1) is 24.8. The van der Waals surface area contributed by atoms with Crippen molar-refractivity contribution in [3.05, 3.63) is 94.4 Å². The smallest absolute Gasteiger partial charge is 0.335 e. The van der Waals surface area contributed by atoms with Crippen LogP contribution >= 0.6 is 0 Å². The number of rotatable bonds is 6. The summed E-state index contributed by atoms with van der Waals surface area (Å²) in [6.45, 7) is 6.03. The first-order valence-electron chi connectivity index (χ1n) is 11.4. The number of likely N-dealkylation sites (tertiary alicyclic amines) is 1. The van der Waals surface area contributed by atoms with Gasteiger partial charge in [0.05, 0.1) is 24.5 Å². The van der Waals surface area contributed by atoms with E-state index in [0.717, 1.165) is 5.56 Å². The number of aliphatic hydroxyl groups is 1. The monoisotopic (exact) mass is 489 g/mol. The van der Waals surface area contributed by atoms with E-state index < -0.39 is 23.7 Å². The van der Waals surface area contributed by atoms with E-state index in [2.05, 4.69) is 0 Å². The Kier molecular flexibility index (Phi) is 6.45. The number of ether oxygens (including phenoxy) is 1. The molecule has 0 aliphatic carbocycles. The molecule has 0 spiro atoms. The molecular formula is C28H27NO7. The van der Waals surface area contributed by atoms with E-state index in [9.17, 15) is 19.5 Å². The zero-order chi connectivity index (χ0) is 26.2. The number of carboxylic acid groups (broad SMARTS) is 1. The van der Waals surface area contributed by atoms with Gasteiger partial charge in [-0.3, -0.25) is 9.59 Å². The van der Waals surface area contributed by atoms with Crippen LogP contribution in [0, 0.1) is 0 Å². The van der Waals surface area contributed by atoms with Crippen molar-refractivity contribution in [2.75, 3.05) is 7.11 Å². The summed E-state index contributed by atoms with van der Waals surface area (Å²) in [6.07, 6.45) is 1.43. The van der Waals surface area contributed by atoms with Gasteiger partial charge in [-0.05, 0) is 53.4 Å². The number of benzene rings is 2. The molecule has 186 valence electrons. The van der Waals surface area contributed by atoms with Gasteiger partial charge in [0.1, 0.15) is 23.3 Å². The number of methoxy groups -OCH3 is 1. The minimum absolute atomic E-state index is 0.0163. The van der Waals surface area contributed by atoms with Crippen molar-refractivity contribution in [2.45, 2.75) is 38.8 Å². The molecule has 4 rings (SSSR count). The first-order valence-corrected chi connectivity index (χ1v) is 11.4. The van der Waals surface area contributed by atoms with Gasteiger partial charge < -0.3 is 24.3 Å². The highest BCUT2D eigenvalue weighted by atomic mass is 16.5. The van der Waals surface area contributed by atoms with Crippen LogP contribution in [0.3, 0.4) is 0 Å². The molecule has 0 saturated carbocycles. The number of hydrogen-bond donors (Lipinski definition) is 2. The number of aromatic carboxylic acids is 1.